The molecule has 0 atom stereocenters. The normalized spacial score (nSPS) is 10.0. The number of carbonyl (C=O) groups is 1. The van der Waals surface area contributed by atoms with E-state index in [1.807, 2.05) is 26.8 Å². The van der Waals surface area contributed by atoms with Gasteiger partial charge in [-0.15, -0.1) is 0 Å². The first-order valence-corrected chi connectivity index (χ1v) is 6.01. The van der Waals surface area contributed by atoms with Crippen molar-refractivity contribution in [2.24, 2.45) is 0 Å². The predicted octanol–water partition coefficient (Wildman–Crippen LogP) is 3.11. The highest BCUT2D eigenvalue weighted by Gasteiger charge is 2.10. The third-order valence-corrected chi connectivity index (χ3v) is 2.73. The number of rotatable bonds is 5. The molecule has 1 rings (SSSR count). The molecule has 0 aliphatic rings. The third kappa shape index (κ3) is 3.62. The summed E-state index contributed by atoms with van der Waals surface area (Å²) in [5.41, 5.74) is 3.72. The Hall–Kier alpha value is -1.77. The summed E-state index contributed by atoms with van der Waals surface area (Å²) < 4.78 is 10.5. The lowest BCUT2D eigenvalue weighted by Gasteiger charge is -2.13. The molecule has 0 unspecified atom stereocenters. The lowest BCUT2D eigenvalue weighted by molar-refractivity contribution is -0.138. The minimum atomic E-state index is -0.403. The monoisotopic (exact) mass is 248 g/mol. The van der Waals surface area contributed by atoms with E-state index in [1.54, 1.807) is 6.92 Å². The standard InChI is InChI=1S/C15H20O3/c1-6-17-15(16)12(4)9-18-14-8-10(2)7-11(3)13(14)5/h7-8H,4,6,9H2,1-3,5H3. The van der Waals surface area contributed by atoms with Gasteiger partial charge in [0.2, 0.25) is 0 Å². The third-order valence-electron chi connectivity index (χ3n) is 2.73. The summed E-state index contributed by atoms with van der Waals surface area (Å²) in [6.07, 6.45) is 0. The van der Waals surface area contributed by atoms with Crippen LogP contribution in [0.15, 0.2) is 24.3 Å². The maximum absolute atomic E-state index is 11.4. The van der Waals surface area contributed by atoms with Crippen molar-refractivity contribution in [1.82, 2.24) is 0 Å². The Labute approximate surface area is 108 Å². The second kappa shape index (κ2) is 6.24. The van der Waals surface area contributed by atoms with Crippen molar-refractivity contribution in [2.75, 3.05) is 13.2 Å². The number of benzene rings is 1. The van der Waals surface area contributed by atoms with E-state index in [9.17, 15) is 4.79 Å². The van der Waals surface area contributed by atoms with E-state index in [-0.39, 0.29) is 6.61 Å². The predicted molar refractivity (Wildman–Crippen MR) is 71.9 cm³/mol. The van der Waals surface area contributed by atoms with Crippen LogP contribution in [0.1, 0.15) is 23.6 Å². The minimum Gasteiger partial charge on any atom is -0.488 e. The van der Waals surface area contributed by atoms with Crippen LogP contribution in [-0.4, -0.2) is 19.2 Å². The zero-order valence-corrected chi connectivity index (χ0v) is 11.5. The molecule has 0 spiro atoms. The molecule has 18 heavy (non-hydrogen) atoms. The van der Waals surface area contributed by atoms with Gasteiger partial charge in [-0.05, 0) is 50.5 Å². The molecule has 1 aromatic carbocycles. The number of ether oxygens (including phenoxy) is 2. The summed E-state index contributed by atoms with van der Waals surface area (Å²) in [5.74, 6) is 0.387. The summed E-state index contributed by atoms with van der Waals surface area (Å²) in [6, 6.07) is 4.06. The summed E-state index contributed by atoms with van der Waals surface area (Å²) in [5, 5.41) is 0. The van der Waals surface area contributed by atoms with Crippen molar-refractivity contribution in [2.45, 2.75) is 27.7 Å². The van der Waals surface area contributed by atoms with E-state index < -0.39 is 5.97 Å². The molecule has 0 saturated carbocycles. The Morgan fingerprint density at radius 1 is 1.28 bits per heavy atom. The van der Waals surface area contributed by atoms with Gasteiger partial charge in [0.05, 0.1) is 12.2 Å². The van der Waals surface area contributed by atoms with E-state index in [2.05, 4.69) is 12.6 Å². The van der Waals surface area contributed by atoms with Gasteiger partial charge in [0, 0.05) is 0 Å². The number of hydrogen-bond acceptors (Lipinski definition) is 3. The molecule has 0 fully saturated rings. The van der Waals surface area contributed by atoms with E-state index >= 15 is 0 Å². The first-order chi connectivity index (χ1) is 8.45. The van der Waals surface area contributed by atoms with Crippen molar-refractivity contribution in [1.29, 1.82) is 0 Å². The Morgan fingerprint density at radius 3 is 2.56 bits per heavy atom. The van der Waals surface area contributed by atoms with Gasteiger partial charge in [-0.3, -0.25) is 0 Å². The van der Waals surface area contributed by atoms with Crippen molar-refractivity contribution < 1.29 is 14.3 Å². The van der Waals surface area contributed by atoms with Gasteiger partial charge in [-0.25, -0.2) is 4.79 Å². The second-order valence-corrected chi connectivity index (χ2v) is 4.32. The molecule has 0 aliphatic heterocycles. The molecule has 98 valence electrons. The molecule has 0 bridgehead atoms. The van der Waals surface area contributed by atoms with Crippen LogP contribution in [0.4, 0.5) is 0 Å². The van der Waals surface area contributed by atoms with Gasteiger partial charge in [0.1, 0.15) is 12.4 Å². The highest BCUT2D eigenvalue weighted by Crippen LogP contribution is 2.23. The molecule has 0 aliphatic carbocycles. The zero-order chi connectivity index (χ0) is 13.7. The molecule has 0 radical (unpaired) electrons. The Balaban J connectivity index is 2.69. The van der Waals surface area contributed by atoms with E-state index in [0.29, 0.717) is 12.2 Å². The minimum absolute atomic E-state index is 0.155. The Bertz CT molecular complexity index is 461. The first kappa shape index (κ1) is 14.3. The summed E-state index contributed by atoms with van der Waals surface area (Å²) >= 11 is 0. The maximum Gasteiger partial charge on any atom is 0.336 e. The average Bonchev–Trinajstić information content (AvgIpc) is 2.31. The van der Waals surface area contributed by atoms with Crippen LogP contribution in [0.3, 0.4) is 0 Å². The van der Waals surface area contributed by atoms with Crippen LogP contribution in [-0.2, 0) is 9.53 Å². The molecule has 3 heteroatoms. The molecule has 3 nitrogen and oxygen atoms in total. The fourth-order valence-electron chi connectivity index (χ4n) is 1.61. The second-order valence-electron chi connectivity index (χ2n) is 4.32. The Morgan fingerprint density at radius 2 is 1.94 bits per heavy atom. The molecule has 1 aromatic rings. The zero-order valence-electron chi connectivity index (χ0n) is 11.5. The van der Waals surface area contributed by atoms with Crippen LogP contribution in [0, 0.1) is 20.8 Å². The SMILES string of the molecule is C=C(COc1cc(C)cc(C)c1C)C(=O)OCC. The van der Waals surface area contributed by atoms with Crippen LogP contribution in [0.25, 0.3) is 0 Å². The van der Waals surface area contributed by atoms with Gasteiger partial charge in [-0.2, -0.15) is 0 Å². The molecular weight excluding hydrogens is 228 g/mol. The van der Waals surface area contributed by atoms with Gasteiger partial charge in [-0.1, -0.05) is 12.6 Å². The van der Waals surface area contributed by atoms with Gasteiger partial charge >= 0.3 is 5.97 Å². The van der Waals surface area contributed by atoms with E-state index in [1.165, 1.54) is 5.56 Å². The van der Waals surface area contributed by atoms with E-state index in [0.717, 1.165) is 16.9 Å². The fourth-order valence-corrected chi connectivity index (χ4v) is 1.61. The fraction of sp³-hybridized carbons (Fsp3) is 0.400. The molecule has 0 saturated heterocycles. The van der Waals surface area contributed by atoms with Crippen molar-refractivity contribution >= 4 is 5.97 Å². The van der Waals surface area contributed by atoms with Crippen molar-refractivity contribution in [3.05, 3.63) is 41.0 Å². The number of hydrogen-bond donors (Lipinski definition) is 0. The number of esters is 1. The summed E-state index contributed by atoms with van der Waals surface area (Å²) in [7, 11) is 0. The van der Waals surface area contributed by atoms with Crippen LogP contribution in [0.2, 0.25) is 0 Å². The van der Waals surface area contributed by atoms with Gasteiger partial charge < -0.3 is 9.47 Å². The smallest absolute Gasteiger partial charge is 0.336 e. The molecule has 0 aromatic heterocycles. The topological polar surface area (TPSA) is 35.5 Å². The van der Waals surface area contributed by atoms with Crippen molar-refractivity contribution in [3.63, 3.8) is 0 Å². The van der Waals surface area contributed by atoms with Crippen molar-refractivity contribution in [3.8, 4) is 5.75 Å². The highest BCUT2D eigenvalue weighted by atomic mass is 16.5. The largest absolute Gasteiger partial charge is 0.488 e. The lowest BCUT2D eigenvalue weighted by atomic mass is 10.1. The highest BCUT2D eigenvalue weighted by molar-refractivity contribution is 5.88. The summed E-state index contributed by atoms with van der Waals surface area (Å²) in [4.78, 5) is 11.4. The van der Waals surface area contributed by atoms with Crippen LogP contribution < -0.4 is 4.74 Å². The van der Waals surface area contributed by atoms with E-state index in [4.69, 9.17) is 9.47 Å². The van der Waals surface area contributed by atoms with Crippen LogP contribution >= 0.6 is 0 Å². The quantitative estimate of drug-likeness (QED) is 0.593. The molecule has 0 N–H and O–H groups in total. The molecular formula is C15H20O3. The van der Waals surface area contributed by atoms with Crippen LogP contribution in [0.5, 0.6) is 5.75 Å². The first-order valence-electron chi connectivity index (χ1n) is 6.01. The van der Waals surface area contributed by atoms with Gasteiger partial charge in [0.15, 0.2) is 0 Å². The average molecular weight is 248 g/mol. The summed E-state index contributed by atoms with van der Waals surface area (Å²) in [6.45, 7) is 12.0. The lowest BCUT2D eigenvalue weighted by Crippen LogP contribution is -2.13. The molecule has 0 heterocycles. The number of aryl methyl sites for hydroxylation is 2. The Kier molecular flexibility index (Phi) is 4.95. The maximum atomic E-state index is 11.4. The molecule has 0 amide bonds. The number of carbonyl (C=O) groups excluding carboxylic acids is 1. The van der Waals surface area contributed by atoms with Gasteiger partial charge in [0.25, 0.3) is 0 Å².